The Bertz CT molecular complexity index is 765. The lowest BCUT2D eigenvalue weighted by Gasteiger charge is -2.23. The van der Waals surface area contributed by atoms with Crippen LogP contribution in [0.15, 0.2) is 23.0 Å². The van der Waals surface area contributed by atoms with Gasteiger partial charge in [-0.3, -0.25) is 14.7 Å². The summed E-state index contributed by atoms with van der Waals surface area (Å²) in [6, 6.07) is 1.99. The minimum absolute atomic E-state index is 0.0535. The fraction of sp³-hybridized carbons (Fsp3) is 0.526. The van der Waals surface area contributed by atoms with Crippen molar-refractivity contribution in [2.24, 2.45) is 0 Å². The third-order valence-corrected chi connectivity index (χ3v) is 5.17. The van der Waals surface area contributed by atoms with Crippen LogP contribution in [0.5, 0.6) is 0 Å². The summed E-state index contributed by atoms with van der Waals surface area (Å²) in [5, 5.41) is 7.46. The topological polar surface area (TPSA) is 71.3 Å². The number of carbonyl (C=O) groups is 1. The number of pyridine rings is 1. The Balaban J connectivity index is 1.43. The van der Waals surface area contributed by atoms with E-state index in [0.29, 0.717) is 5.56 Å². The zero-order valence-electron chi connectivity index (χ0n) is 14.6. The quantitative estimate of drug-likeness (QED) is 0.924. The average Bonchev–Trinajstić information content (AvgIpc) is 3.26. The van der Waals surface area contributed by atoms with Crippen molar-refractivity contribution in [2.45, 2.75) is 51.6 Å². The van der Waals surface area contributed by atoms with Gasteiger partial charge in [0.1, 0.15) is 11.5 Å². The molecule has 1 saturated heterocycles. The van der Waals surface area contributed by atoms with Crippen molar-refractivity contribution in [3.63, 3.8) is 0 Å². The lowest BCUT2D eigenvalue weighted by atomic mass is 9.91. The Morgan fingerprint density at radius 1 is 1.36 bits per heavy atom. The monoisotopic (exact) mass is 340 g/mol. The smallest absolute Gasteiger partial charge is 0.253 e. The molecule has 2 aromatic rings. The molecule has 0 bridgehead atoms. The SMILES string of the molecule is Cc1cncc(C(=O)NC2CCc3onc(CN4CCCC4)c3C2)c1. The van der Waals surface area contributed by atoms with Gasteiger partial charge in [-0.1, -0.05) is 5.16 Å². The van der Waals surface area contributed by atoms with Crippen LogP contribution in [0.2, 0.25) is 0 Å². The Morgan fingerprint density at radius 3 is 3.00 bits per heavy atom. The van der Waals surface area contributed by atoms with E-state index in [4.69, 9.17) is 4.52 Å². The van der Waals surface area contributed by atoms with Gasteiger partial charge in [-0.2, -0.15) is 0 Å². The van der Waals surface area contributed by atoms with Crippen LogP contribution in [0.25, 0.3) is 0 Å². The van der Waals surface area contributed by atoms with Crippen LogP contribution in [0.1, 0.15) is 52.2 Å². The summed E-state index contributed by atoms with van der Waals surface area (Å²) in [4.78, 5) is 19.0. The summed E-state index contributed by atoms with van der Waals surface area (Å²) < 4.78 is 5.55. The van der Waals surface area contributed by atoms with E-state index in [0.717, 1.165) is 55.9 Å². The van der Waals surface area contributed by atoms with Gasteiger partial charge in [0.2, 0.25) is 0 Å². The molecule has 1 amide bonds. The molecule has 0 saturated carbocycles. The molecule has 3 heterocycles. The molecule has 1 aliphatic carbocycles. The lowest BCUT2D eigenvalue weighted by molar-refractivity contribution is 0.0932. The van der Waals surface area contributed by atoms with Crippen molar-refractivity contribution in [3.05, 3.63) is 46.6 Å². The molecule has 1 aliphatic heterocycles. The van der Waals surface area contributed by atoms with E-state index in [1.54, 1.807) is 12.4 Å². The van der Waals surface area contributed by atoms with Gasteiger partial charge in [-0.15, -0.1) is 0 Å². The highest BCUT2D eigenvalue weighted by Crippen LogP contribution is 2.26. The largest absolute Gasteiger partial charge is 0.361 e. The van der Waals surface area contributed by atoms with Gasteiger partial charge in [0.25, 0.3) is 5.91 Å². The number of likely N-dealkylation sites (tertiary alicyclic amines) is 1. The molecule has 25 heavy (non-hydrogen) atoms. The van der Waals surface area contributed by atoms with Crippen LogP contribution in [-0.2, 0) is 19.4 Å². The molecule has 6 nitrogen and oxygen atoms in total. The number of aromatic nitrogens is 2. The van der Waals surface area contributed by atoms with Crippen molar-refractivity contribution in [2.75, 3.05) is 13.1 Å². The molecule has 0 aromatic carbocycles. The Hall–Kier alpha value is -2.21. The van der Waals surface area contributed by atoms with Crippen LogP contribution in [-0.4, -0.2) is 40.1 Å². The molecule has 2 aromatic heterocycles. The van der Waals surface area contributed by atoms with E-state index in [1.165, 1.54) is 18.4 Å². The van der Waals surface area contributed by atoms with Crippen molar-refractivity contribution in [3.8, 4) is 0 Å². The van der Waals surface area contributed by atoms with Crippen LogP contribution in [0.4, 0.5) is 0 Å². The Kier molecular flexibility index (Phi) is 4.53. The molecule has 4 rings (SSSR count). The zero-order valence-corrected chi connectivity index (χ0v) is 14.6. The highest BCUT2D eigenvalue weighted by Gasteiger charge is 2.28. The summed E-state index contributed by atoms with van der Waals surface area (Å²) in [5.41, 5.74) is 3.86. The van der Waals surface area contributed by atoms with E-state index in [-0.39, 0.29) is 11.9 Å². The van der Waals surface area contributed by atoms with Crippen LogP contribution in [0, 0.1) is 6.92 Å². The van der Waals surface area contributed by atoms with Crippen LogP contribution in [0.3, 0.4) is 0 Å². The molecule has 6 heteroatoms. The van der Waals surface area contributed by atoms with E-state index >= 15 is 0 Å². The number of hydrogen-bond donors (Lipinski definition) is 1. The third-order valence-electron chi connectivity index (χ3n) is 5.17. The normalized spacial score (nSPS) is 20.4. The van der Waals surface area contributed by atoms with Crippen LogP contribution >= 0.6 is 0 Å². The number of fused-ring (bicyclic) bond motifs is 1. The van der Waals surface area contributed by atoms with Gasteiger partial charge in [0.15, 0.2) is 0 Å². The number of amides is 1. The van der Waals surface area contributed by atoms with Gasteiger partial charge in [-0.05, 0) is 57.3 Å². The molecular weight excluding hydrogens is 316 g/mol. The van der Waals surface area contributed by atoms with Gasteiger partial charge in [0, 0.05) is 37.0 Å². The minimum Gasteiger partial charge on any atom is -0.361 e. The number of nitrogens with zero attached hydrogens (tertiary/aromatic N) is 3. The summed E-state index contributed by atoms with van der Waals surface area (Å²) >= 11 is 0. The molecule has 0 radical (unpaired) electrons. The van der Waals surface area contributed by atoms with E-state index in [9.17, 15) is 4.79 Å². The summed E-state index contributed by atoms with van der Waals surface area (Å²) in [5.74, 6) is 0.944. The van der Waals surface area contributed by atoms with Crippen molar-refractivity contribution < 1.29 is 9.32 Å². The first-order valence-corrected chi connectivity index (χ1v) is 9.10. The number of rotatable bonds is 4. The fourth-order valence-electron chi connectivity index (χ4n) is 3.81. The van der Waals surface area contributed by atoms with Crippen molar-refractivity contribution in [1.29, 1.82) is 0 Å². The molecule has 2 aliphatic rings. The molecular formula is C19H24N4O2. The second-order valence-corrected chi connectivity index (χ2v) is 7.18. The second kappa shape index (κ2) is 6.96. The fourth-order valence-corrected chi connectivity index (χ4v) is 3.81. The van der Waals surface area contributed by atoms with E-state index < -0.39 is 0 Å². The van der Waals surface area contributed by atoms with E-state index in [2.05, 4.69) is 20.4 Å². The lowest BCUT2D eigenvalue weighted by Crippen LogP contribution is -2.39. The molecule has 1 N–H and O–H groups in total. The molecule has 1 atom stereocenters. The van der Waals surface area contributed by atoms with Crippen molar-refractivity contribution in [1.82, 2.24) is 20.4 Å². The number of carbonyl (C=O) groups excluding carboxylic acids is 1. The highest BCUT2D eigenvalue weighted by atomic mass is 16.5. The zero-order chi connectivity index (χ0) is 17.2. The predicted molar refractivity (Wildman–Crippen MR) is 93.3 cm³/mol. The summed E-state index contributed by atoms with van der Waals surface area (Å²) in [6.45, 7) is 5.09. The number of aryl methyl sites for hydroxylation is 2. The maximum Gasteiger partial charge on any atom is 0.253 e. The first kappa shape index (κ1) is 16.3. The van der Waals surface area contributed by atoms with E-state index in [1.807, 2.05) is 13.0 Å². The average molecular weight is 340 g/mol. The first-order valence-electron chi connectivity index (χ1n) is 9.10. The maximum atomic E-state index is 12.5. The molecule has 132 valence electrons. The van der Waals surface area contributed by atoms with Gasteiger partial charge in [0.05, 0.1) is 5.56 Å². The maximum absolute atomic E-state index is 12.5. The third kappa shape index (κ3) is 3.58. The second-order valence-electron chi connectivity index (χ2n) is 7.18. The van der Waals surface area contributed by atoms with Gasteiger partial charge >= 0.3 is 0 Å². The molecule has 1 unspecified atom stereocenters. The highest BCUT2D eigenvalue weighted by molar-refractivity contribution is 5.94. The van der Waals surface area contributed by atoms with Crippen molar-refractivity contribution >= 4 is 5.91 Å². The Morgan fingerprint density at radius 2 is 2.20 bits per heavy atom. The Labute approximate surface area is 147 Å². The predicted octanol–water partition coefficient (Wildman–Crippen LogP) is 2.26. The summed E-state index contributed by atoms with van der Waals surface area (Å²) in [7, 11) is 0. The number of nitrogens with one attached hydrogen (secondary N) is 1. The first-order chi connectivity index (χ1) is 12.2. The standard InChI is InChI=1S/C19H24N4O2/c1-13-8-14(11-20-10-13)19(24)21-15-4-5-18-16(9-15)17(22-25-18)12-23-6-2-3-7-23/h8,10-11,15H,2-7,9,12H2,1H3,(H,21,24). The van der Waals surface area contributed by atoms with Crippen LogP contribution < -0.4 is 5.32 Å². The van der Waals surface area contributed by atoms with Gasteiger partial charge < -0.3 is 9.84 Å². The minimum atomic E-state index is -0.0535. The van der Waals surface area contributed by atoms with Gasteiger partial charge in [-0.25, -0.2) is 0 Å². The number of hydrogen-bond acceptors (Lipinski definition) is 5. The summed E-state index contributed by atoms with van der Waals surface area (Å²) in [6.07, 6.45) is 8.43. The molecule has 1 fully saturated rings. The molecule has 0 spiro atoms.